The van der Waals surface area contributed by atoms with Gasteiger partial charge < -0.3 is 47.8 Å². The molecule has 6 atom stereocenters. The molecule has 3 rings (SSSR count). The minimum atomic E-state index is -1.24. The lowest BCUT2D eigenvalue weighted by atomic mass is 10.0. The van der Waals surface area contributed by atoms with Gasteiger partial charge in [0.1, 0.15) is 36.0 Å². The van der Waals surface area contributed by atoms with Crippen LogP contribution >= 0.6 is 0 Å². The number of amides is 5. The van der Waals surface area contributed by atoms with Crippen LogP contribution in [0, 0.1) is 5.92 Å². The number of benzene rings is 1. The third kappa shape index (κ3) is 11.9. The van der Waals surface area contributed by atoms with Crippen LogP contribution in [-0.2, 0) is 35.2 Å². The third-order valence-electron chi connectivity index (χ3n) is 8.63. The van der Waals surface area contributed by atoms with E-state index in [1.54, 1.807) is 24.3 Å². The van der Waals surface area contributed by atoms with Crippen molar-refractivity contribution in [2.45, 2.75) is 108 Å². The number of hydrogen-bond acceptors (Lipinski definition) is 9. The van der Waals surface area contributed by atoms with E-state index in [2.05, 4.69) is 21.3 Å². The second-order valence-electron chi connectivity index (χ2n) is 13.1. The van der Waals surface area contributed by atoms with Gasteiger partial charge in [0, 0.05) is 13.0 Å². The molecule has 1 aromatic carbocycles. The van der Waals surface area contributed by atoms with Crippen molar-refractivity contribution in [3.63, 3.8) is 0 Å². The number of carboxylic acid groups (broad SMARTS) is 1. The Morgan fingerprint density at radius 1 is 0.959 bits per heavy atom. The molecule has 2 heterocycles. The van der Waals surface area contributed by atoms with Crippen molar-refractivity contribution in [1.29, 1.82) is 0 Å². The van der Waals surface area contributed by atoms with Crippen molar-refractivity contribution in [3.8, 4) is 5.75 Å². The molecule has 5 amide bonds. The fourth-order valence-electron chi connectivity index (χ4n) is 5.93. The van der Waals surface area contributed by atoms with Gasteiger partial charge in [-0.1, -0.05) is 38.1 Å². The summed E-state index contributed by atoms with van der Waals surface area (Å²) < 4.78 is 0. The molecule has 1 aromatic rings. The number of hydrogen-bond donors (Lipinski definition) is 8. The average Bonchev–Trinajstić information content (AvgIpc) is 3.55. The highest BCUT2D eigenvalue weighted by atomic mass is 16.4. The van der Waals surface area contributed by atoms with Crippen molar-refractivity contribution < 1.29 is 39.0 Å². The first-order valence-corrected chi connectivity index (χ1v) is 16.9. The summed E-state index contributed by atoms with van der Waals surface area (Å²) in [6.07, 6.45) is 5.60. The molecule has 0 aromatic heterocycles. The summed E-state index contributed by atoms with van der Waals surface area (Å²) in [6.45, 7) is 4.32. The lowest BCUT2D eigenvalue weighted by molar-refractivity contribution is -0.143. The number of phenolic OH excluding ortho intramolecular Hbond substituents is 1. The quantitative estimate of drug-likeness (QED) is 0.113. The molecule has 15 heteroatoms. The molecule has 0 unspecified atom stereocenters. The van der Waals surface area contributed by atoms with Gasteiger partial charge >= 0.3 is 5.97 Å². The summed E-state index contributed by atoms with van der Waals surface area (Å²) >= 11 is 0. The van der Waals surface area contributed by atoms with Crippen LogP contribution in [0.1, 0.15) is 70.8 Å². The van der Waals surface area contributed by atoms with Crippen LogP contribution in [0.5, 0.6) is 5.75 Å². The van der Waals surface area contributed by atoms with Crippen molar-refractivity contribution in [2.75, 3.05) is 13.1 Å². The normalized spacial score (nSPS) is 24.8. The molecule has 0 radical (unpaired) electrons. The number of nitrogens with zero attached hydrogens (tertiary/aromatic N) is 1. The maximum atomic E-state index is 13.9. The van der Waals surface area contributed by atoms with Gasteiger partial charge in [-0.3, -0.25) is 24.0 Å². The fourth-order valence-corrected chi connectivity index (χ4v) is 5.93. The zero-order valence-corrected chi connectivity index (χ0v) is 28.2. The maximum absolute atomic E-state index is 13.9. The zero-order valence-electron chi connectivity index (χ0n) is 28.2. The molecule has 2 aliphatic heterocycles. The highest BCUT2D eigenvalue weighted by Gasteiger charge is 2.39. The number of carboxylic acids is 1. The molecule has 0 aliphatic carbocycles. The van der Waals surface area contributed by atoms with Gasteiger partial charge in [-0.15, -0.1) is 0 Å². The van der Waals surface area contributed by atoms with E-state index in [0.717, 1.165) is 0 Å². The van der Waals surface area contributed by atoms with Crippen LogP contribution in [0.4, 0.5) is 0 Å². The van der Waals surface area contributed by atoms with Gasteiger partial charge in [-0.25, -0.2) is 4.79 Å². The topological polar surface area (TPSA) is 246 Å². The van der Waals surface area contributed by atoms with Crippen LogP contribution in [0.2, 0.25) is 0 Å². The van der Waals surface area contributed by atoms with Crippen molar-refractivity contribution in [1.82, 2.24) is 26.2 Å². The molecular formula is C34H51N7O8. The molecule has 2 aliphatic rings. The lowest BCUT2D eigenvalue weighted by Gasteiger charge is -2.30. The minimum Gasteiger partial charge on any atom is -0.508 e. The van der Waals surface area contributed by atoms with E-state index in [1.807, 2.05) is 13.8 Å². The number of phenols is 1. The Hall–Kier alpha value is -4.50. The van der Waals surface area contributed by atoms with Crippen LogP contribution in [0.25, 0.3) is 0 Å². The first-order valence-electron chi connectivity index (χ1n) is 16.9. The van der Waals surface area contributed by atoms with E-state index in [-0.39, 0.29) is 43.9 Å². The number of carbonyl (C=O) groups is 6. The smallest absolute Gasteiger partial charge is 0.326 e. The Labute approximate surface area is 286 Å². The fraction of sp³-hybridized carbons (Fsp3) is 0.588. The number of rotatable bonds is 11. The molecule has 1 fully saturated rings. The average molecular weight is 686 g/mol. The third-order valence-corrected chi connectivity index (χ3v) is 8.63. The van der Waals surface area contributed by atoms with Crippen molar-refractivity contribution in [3.05, 3.63) is 42.0 Å². The number of aromatic hydroxyl groups is 1. The summed E-state index contributed by atoms with van der Waals surface area (Å²) in [5.41, 5.74) is 12.4. The van der Waals surface area contributed by atoms with Gasteiger partial charge in [0.2, 0.25) is 29.5 Å². The van der Waals surface area contributed by atoms with E-state index in [9.17, 15) is 39.0 Å². The molecular weight excluding hydrogens is 634 g/mol. The Kier molecular flexibility index (Phi) is 15.0. The summed E-state index contributed by atoms with van der Waals surface area (Å²) in [4.78, 5) is 81.4. The van der Waals surface area contributed by atoms with Crippen LogP contribution in [0.3, 0.4) is 0 Å². The van der Waals surface area contributed by atoms with Crippen LogP contribution in [-0.4, -0.2) is 100.0 Å². The Morgan fingerprint density at radius 3 is 2.29 bits per heavy atom. The molecule has 0 bridgehead atoms. The Balaban J connectivity index is 1.99. The number of nitrogens with two attached hydrogens (primary N) is 2. The Morgan fingerprint density at radius 2 is 1.63 bits per heavy atom. The number of fused-ring (bicyclic) bond motifs is 1. The molecule has 15 nitrogen and oxygen atoms in total. The van der Waals surface area contributed by atoms with E-state index in [1.165, 1.54) is 17.0 Å². The van der Waals surface area contributed by atoms with Crippen LogP contribution in [0.15, 0.2) is 36.4 Å². The first kappa shape index (κ1) is 38.9. The summed E-state index contributed by atoms with van der Waals surface area (Å²) in [5, 5.41) is 30.2. The van der Waals surface area contributed by atoms with Crippen LogP contribution < -0.4 is 32.7 Å². The highest BCUT2D eigenvalue weighted by Crippen LogP contribution is 2.21. The van der Waals surface area contributed by atoms with Gasteiger partial charge in [-0.05, 0) is 81.5 Å². The van der Waals surface area contributed by atoms with E-state index < -0.39 is 71.8 Å². The van der Waals surface area contributed by atoms with Gasteiger partial charge in [0.15, 0.2) is 0 Å². The zero-order chi connectivity index (χ0) is 36.1. The molecule has 10 N–H and O–H groups in total. The van der Waals surface area contributed by atoms with E-state index in [0.29, 0.717) is 44.2 Å². The van der Waals surface area contributed by atoms with Gasteiger partial charge in [0.25, 0.3) is 0 Å². The summed E-state index contributed by atoms with van der Waals surface area (Å²) in [7, 11) is 0. The van der Waals surface area contributed by atoms with E-state index in [4.69, 9.17) is 11.5 Å². The van der Waals surface area contributed by atoms with Gasteiger partial charge in [0.05, 0.1) is 6.04 Å². The largest absolute Gasteiger partial charge is 0.508 e. The maximum Gasteiger partial charge on any atom is 0.326 e. The summed E-state index contributed by atoms with van der Waals surface area (Å²) in [5.74, 6) is -4.28. The number of unbranched alkanes of at least 4 members (excludes halogenated alkanes) is 1. The molecule has 0 saturated carbocycles. The summed E-state index contributed by atoms with van der Waals surface area (Å²) in [6, 6.07) is -0.470. The highest BCUT2D eigenvalue weighted by molar-refractivity contribution is 5.96. The monoisotopic (exact) mass is 685 g/mol. The standard InChI is InChI=1S/C34H51N7O8/c1-20(2)18-27(34(48)49)40-30(44)24-9-4-3-8-23(36)29(43)38-25(10-5-6-16-35)33(47)41-17-7-11-28(41)32(46)39-26(31(45)37-24)19-21-12-14-22(42)15-13-21/h3-4,12-15,20,23-28,42H,5-11,16-19,35-36H2,1-2H3,(H,37,45)(H,38,43)(H,39,46)(H,40,44)(H,48,49)/t23-,24-,25+,26+,27+,28+/m1/s1. The molecule has 270 valence electrons. The second kappa shape index (κ2) is 18.9. The number of nitrogens with one attached hydrogen (secondary N) is 4. The Bertz CT molecular complexity index is 1350. The number of carbonyl (C=O) groups excluding carboxylic acids is 5. The SMILES string of the molecule is CC(C)C[C@H](NC(=O)[C@H]1CC=CC[C@@H](N)C(=O)N[C@@H](CCCCN)C(=O)N2CCC[C@H]2C(=O)N[C@@H](Cc2ccc(O)cc2)C(=O)N1)C(=O)O. The molecule has 0 spiro atoms. The lowest BCUT2D eigenvalue weighted by Crippen LogP contribution is -2.59. The number of aliphatic carboxylic acids is 1. The molecule has 1 saturated heterocycles. The predicted octanol–water partition coefficient (Wildman–Crippen LogP) is -0.198. The first-order chi connectivity index (χ1) is 23.3. The van der Waals surface area contributed by atoms with Gasteiger partial charge in [-0.2, -0.15) is 0 Å². The minimum absolute atomic E-state index is 0.0111. The van der Waals surface area contributed by atoms with Crippen molar-refractivity contribution in [2.24, 2.45) is 17.4 Å². The van der Waals surface area contributed by atoms with Crippen molar-refractivity contribution >= 4 is 35.5 Å². The van der Waals surface area contributed by atoms with E-state index >= 15 is 0 Å². The second-order valence-corrected chi connectivity index (χ2v) is 13.1. The molecule has 49 heavy (non-hydrogen) atoms. The predicted molar refractivity (Wildman–Crippen MR) is 181 cm³/mol.